The third-order valence-corrected chi connectivity index (χ3v) is 3.48. The standard InChI is InChI=1S/C17H20N2O/c1-4-14-6-8-15(9-7-14)10-11-17(20)16-12-18-19(5-2)13(16)3/h6-12H,4-5H2,1-3H3/b11-10+. The van der Waals surface area contributed by atoms with Crippen LogP contribution in [0, 0.1) is 6.92 Å². The Hall–Kier alpha value is -2.16. The third-order valence-electron chi connectivity index (χ3n) is 3.48. The molecule has 0 unspecified atom stereocenters. The molecular formula is C17H20N2O. The minimum absolute atomic E-state index is 0.00164. The van der Waals surface area contributed by atoms with Crippen LogP contribution in [0.2, 0.25) is 0 Å². The number of nitrogens with zero attached hydrogens (tertiary/aromatic N) is 2. The molecule has 20 heavy (non-hydrogen) atoms. The molecule has 0 aliphatic heterocycles. The molecule has 1 aromatic heterocycles. The predicted octanol–water partition coefficient (Wildman–Crippen LogP) is 3.67. The maximum Gasteiger partial charge on any atom is 0.189 e. The van der Waals surface area contributed by atoms with Gasteiger partial charge in [0.1, 0.15) is 0 Å². The van der Waals surface area contributed by atoms with Crippen molar-refractivity contribution in [3.63, 3.8) is 0 Å². The highest BCUT2D eigenvalue weighted by molar-refractivity contribution is 6.07. The van der Waals surface area contributed by atoms with E-state index in [-0.39, 0.29) is 5.78 Å². The number of hydrogen-bond donors (Lipinski definition) is 0. The first kappa shape index (κ1) is 14.3. The minimum Gasteiger partial charge on any atom is -0.289 e. The van der Waals surface area contributed by atoms with Gasteiger partial charge in [-0.3, -0.25) is 9.48 Å². The molecule has 0 saturated heterocycles. The van der Waals surface area contributed by atoms with Crippen LogP contribution in [0.5, 0.6) is 0 Å². The largest absolute Gasteiger partial charge is 0.289 e. The fourth-order valence-electron chi connectivity index (χ4n) is 2.13. The van der Waals surface area contributed by atoms with Crippen LogP contribution < -0.4 is 0 Å². The van der Waals surface area contributed by atoms with Crippen molar-refractivity contribution in [3.05, 3.63) is 58.9 Å². The van der Waals surface area contributed by atoms with E-state index in [9.17, 15) is 4.79 Å². The van der Waals surface area contributed by atoms with E-state index in [0.29, 0.717) is 5.56 Å². The van der Waals surface area contributed by atoms with Crippen molar-refractivity contribution >= 4 is 11.9 Å². The molecule has 0 aliphatic rings. The molecule has 0 saturated carbocycles. The van der Waals surface area contributed by atoms with Gasteiger partial charge in [-0.2, -0.15) is 5.10 Å². The average Bonchev–Trinajstić information content (AvgIpc) is 2.86. The van der Waals surface area contributed by atoms with Gasteiger partial charge in [0.05, 0.1) is 11.8 Å². The fraction of sp³-hybridized carbons (Fsp3) is 0.294. The highest BCUT2D eigenvalue weighted by Gasteiger charge is 2.10. The van der Waals surface area contributed by atoms with Gasteiger partial charge in [0, 0.05) is 12.2 Å². The molecule has 1 aromatic carbocycles. The zero-order chi connectivity index (χ0) is 14.5. The van der Waals surface area contributed by atoms with Crippen LogP contribution in [0.1, 0.15) is 41.0 Å². The fourth-order valence-corrected chi connectivity index (χ4v) is 2.13. The molecule has 0 atom stereocenters. The Morgan fingerprint density at radius 2 is 1.95 bits per heavy atom. The van der Waals surface area contributed by atoms with Gasteiger partial charge < -0.3 is 0 Å². The quantitative estimate of drug-likeness (QED) is 0.612. The summed E-state index contributed by atoms with van der Waals surface area (Å²) in [5.41, 5.74) is 3.93. The van der Waals surface area contributed by atoms with E-state index in [1.165, 1.54) is 5.56 Å². The molecule has 1 heterocycles. The van der Waals surface area contributed by atoms with Gasteiger partial charge in [-0.25, -0.2) is 0 Å². The summed E-state index contributed by atoms with van der Waals surface area (Å²) in [5, 5.41) is 4.19. The van der Waals surface area contributed by atoms with Gasteiger partial charge in [-0.1, -0.05) is 37.3 Å². The first-order valence-corrected chi connectivity index (χ1v) is 6.99. The van der Waals surface area contributed by atoms with E-state index in [1.54, 1.807) is 12.3 Å². The molecule has 3 nitrogen and oxygen atoms in total. The lowest BCUT2D eigenvalue weighted by molar-refractivity contribution is 0.104. The molecule has 0 aliphatic carbocycles. The smallest absolute Gasteiger partial charge is 0.189 e. The number of benzene rings is 1. The SMILES string of the molecule is CCc1ccc(/C=C/C(=O)c2cnn(CC)c2C)cc1. The lowest BCUT2D eigenvalue weighted by Crippen LogP contribution is -2.01. The number of aryl methyl sites for hydroxylation is 2. The van der Waals surface area contributed by atoms with Crippen LogP contribution in [-0.4, -0.2) is 15.6 Å². The number of allylic oxidation sites excluding steroid dienone is 1. The maximum absolute atomic E-state index is 12.2. The molecule has 0 N–H and O–H groups in total. The molecule has 0 radical (unpaired) electrons. The summed E-state index contributed by atoms with van der Waals surface area (Å²) in [6.45, 7) is 6.84. The Kier molecular flexibility index (Phi) is 4.51. The summed E-state index contributed by atoms with van der Waals surface area (Å²) in [5.74, 6) is 0.00164. The molecule has 0 bridgehead atoms. The van der Waals surface area contributed by atoms with Gasteiger partial charge in [0.15, 0.2) is 5.78 Å². The number of ketones is 1. The van der Waals surface area contributed by atoms with Crippen molar-refractivity contribution in [1.82, 2.24) is 9.78 Å². The predicted molar refractivity (Wildman–Crippen MR) is 81.8 cm³/mol. The highest BCUT2D eigenvalue weighted by Crippen LogP contribution is 2.11. The molecule has 3 heteroatoms. The Bertz CT molecular complexity index is 621. The maximum atomic E-state index is 12.2. The van der Waals surface area contributed by atoms with Crippen molar-refractivity contribution in [1.29, 1.82) is 0 Å². The number of hydrogen-bond acceptors (Lipinski definition) is 2. The molecular weight excluding hydrogens is 248 g/mol. The Morgan fingerprint density at radius 3 is 2.50 bits per heavy atom. The summed E-state index contributed by atoms with van der Waals surface area (Å²) in [7, 11) is 0. The van der Waals surface area contributed by atoms with E-state index in [1.807, 2.05) is 36.7 Å². The number of aromatic nitrogens is 2. The van der Waals surface area contributed by atoms with Crippen LogP contribution in [0.3, 0.4) is 0 Å². The van der Waals surface area contributed by atoms with Crippen molar-refractivity contribution in [2.24, 2.45) is 0 Å². The molecule has 104 valence electrons. The van der Waals surface area contributed by atoms with Crippen molar-refractivity contribution in [2.75, 3.05) is 0 Å². The molecule has 2 rings (SSSR count). The summed E-state index contributed by atoms with van der Waals surface area (Å²) in [6.07, 6.45) is 6.14. The van der Waals surface area contributed by atoms with E-state index in [0.717, 1.165) is 24.2 Å². The van der Waals surface area contributed by atoms with E-state index in [2.05, 4.69) is 24.2 Å². The Labute approximate surface area is 119 Å². The van der Waals surface area contributed by atoms with Gasteiger partial charge >= 0.3 is 0 Å². The molecule has 0 spiro atoms. The Balaban J connectivity index is 2.13. The lowest BCUT2D eigenvalue weighted by atomic mass is 10.1. The second-order valence-electron chi connectivity index (χ2n) is 4.75. The zero-order valence-electron chi connectivity index (χ0n) is 12.3. The summed E-state index contributed by atoms with van der Waals surface area (Å²) in [4.78, 5) is 12.2. The highest BCUT2D eigenvalue weighted by atomic mass is 16.1. The van der Waals surface area contributed by atoms with Crippen LogP contribution >= 0.6 is 0 Å². The van der Waals surface area contributed by atoms with Gasteiger partial charge in [-0.05, 0) is 37.5 Å². The first-order chi connectivity index (χ1) is 9.65. The van der Waals surface area contributed by atoms with E-state index in [4.69, 9.17) is 0 Å². The van der Waals surface area contributed by atoms with Crippen LogP contribution in [-0.2, 0) is 13.0 Å². The Morgan fingerprint density at radius 1 is 1.25 bits per heavy atom. The monoisotopic (exact) mass is 268 g/mol. The number of rotatable bonds is 5. The summed E-state index contributed by atoms with van der Waals surface area (Å²) in [6, 6.07) is 8.24. The molecule has 0 fully saturated rings. The first-order valence-electron chi connectivity index (χ1n) is 6.99. The summed E-state index contributed by atoms with van der Waals surface area (Å²) < 4.78 is 1.83. The lowest BCUT2D eigenvalue weighted by Gasteiger charge is -1.99. The zero-order valence-corrected chi connectivity index (χ0v) is 12.3. The average molecular weight is 268 g/mol. The van der Waals surface area contributed by atoms with Crippen LogP contribution in [0.25, 0.3) is 6.08 Å². The normalized spacial score (nSPS) is 11.2. The van der Waals surface area contributed by atoms with E-state index < -0.39 is 0 Å². The topological polar surface area (TPSA) is 34.9 Å². The van der Waals surface area contributed by atoms with Crippen molar-refractivity contribution in [3.8, 4) is 0 Å². The number of carbonyl (C=O) groups excluding carboxylic acids is 1. The van der Waals surface area contributed by atoms with Gasteiger partial charge in [-0.15, -0.1) is 0 Å². The van der Waals surface area contributed by atoms with Crippen molar-refractivity contribution < 1.29 is 4.79 Å². The minimum atomic E-state index is 0.00164. The molecule has 0 amide bonds. The van der Waals surface area contributed by atoms with Crippen LogP contribution in [0.4, 0.5) is 0 Å². The third kappa shape index (κ3) is 3.05. The summed E-state index contributed by atoms with van der Waals surface area (Å²) >= 11 is 0. The van der Waals surface area contributed by atoms with E-state index >= 15 is 0 Å². The number of carbonyl (C=O) groups is 1. The van der Waals surface area contributed by atoms with Crippen LogP contribution in [0.15, 0.2) is 36.5 Å². The van der Waals surface area contributed by atoms with Crippen molar-refractivity contribution in [2.45, 2.75) is 33.7 Å². The molecule has 2 aromatic rings. The second-order valence-corrected chi connectivity index (χ2v) is 4.75. The van der Waals surface area contributed by atoms with Gasteiger partial charge in [0.2, 0.25) is 0 Å². The second kappa shape index (κ2) is 6.33. The van der Waals surface area contributed by atoms with Gasteiger partial charge in [0.25, 0.3) is 0 Å².